The molecule has 0 fully saturated rings. The van der Waals surface area contributed by atoms with Gasteiger partial charge in [-0.25, -0.2) is 0 Å². The molecule has 2 heterocycles. The van der Waals surface area contributed by atoms with Crippen LogP contribution in [0.1, 0.15) is 32.6 Å². The molecule has 0 amide bonds. The third-order valence-electron chi connectivity index (χ3n) is 5.56. The van der Waals surface area contributed by atoms with Crippen molar-refractivity contribution in [3.63, 3.8) is 0 Å². The molecule has 5 rings (SSSR count). The summed E-state index contributed by atoms with van der Waals surface area (Å²) >= 11 is 6.25. The van der Waals surface area contributed by atoms with Gasteiger partial charge in [-0.05, 0) is 55.0 Å². The van der Waals surface area contributed by atoms with Crippen molar-refractivity contribution in [2.24, 2.45) is 0 Å². The Kier molecular flexibility index (Phi) is 5.70. The molecule has 33 heavy (non-hydrogen) atoms. The van der Waals surface area contributed by atoms with Crippen molar-refractivity contribution in [1.29, 1.82) is 0 Å². The average molecular weight is 465 g/mol. The normalized spacial score (nSPS) is 15.5. The summed E-state index contributed by atoms with van der Waals surface area (Å²) in [5.74, 6) is 2.65. The van der Waals surface area contributed by atoms with E-state index in [-0.39, 0.29) is 24.9 Å². The third-order valence-corrected chi connectivity index (χ3v) is 5.78. The predicted molar refractivity (Wildman–Crippen MR) is 123 cm³/mol. The molecular formula is C26H21ClO6. The molecule has 0 atom stereocenters. The lowest BCUT2D eigenvalue weighted by molar-refractivity contribution is -0.0175. The van der Waals surface area contributed by atoms with Gasteiger partial charge in [0.25, 0.3) is 0 Å². The molecule has 0 saturated carbocycles. The van der Waals surface area contributed by atoms with Crippen LogP contribution in [0.4, 0.5) is 0 Å². The van der Waals surface area contributed by atoms with Gasteiger partial charge in [0.2, 0.25) is 5.78 Å². The van der Waals surface area contributed by atoms with Crippen LogP contribution in [0.3, 0.4) is 0 Å². The molecule has 0 radical (unpaired) electrons. The number of Topliss-reactive ketones (excluding diaryl/α,β-unsaturated/α-hetero) is 1. The summed E-state index contributed by atoms with van der Waals surface area (Å²) in [6, 6.07) is 14.6. The van der Waals surface area contributed by atoms with Crippen LogP contribution in [0.25, 0.3) is 6.08 Å². The smallest absolute Gasteiger partial charge is 0.231 e. The highest BCUT2D eigenvalue weighted by Crippen LogP contribution is 2.40. The second-order valence-electron chi connectivity index (χ2n) is 7.73. The molecule has 168 valence electrons. The number of ether oxygens (including phenoxy) is 5. The number of carbonyl (C=O) groups excluding carboxylic acids is 1. The number of ketones is 1. The van der Waals surface area contributed by atoms with Crippen LogP contribution in [-0.2, 0) is 18.0 Å². The summed E-state index contributed by atoms with van der Waals surface area (Å²) in [7, 11) is 1.60. The fourth-order valence-corrected chi connectivity index (χ4v) is 4.19. The molecule has 7 heteroatoms. The quantitative estimate of drug-likeness (QED) is 0.450. The molecule has 0 aliphatic carbocycles. The predicted octanol–water partition coefficient (Wildman–Crippen LogP) is 5.72. The maximum absolute atomic E-state index is 12.9. The van der Waals surface area contributed by atoms with Crippen molar-refractivity contribution >= 4 is 23.5 Å². The van der Waals surface area contributed by atoms with Crippen molar-refractivity contribution in [1.82, 2.24) is 0 Å². The lowest BCUT2D eigenvalue weighted by Gasteiger charge is -2.21. The Morgan fingerprint density at radius 2 is 2.00 bits per heavy atom. The highest BCUT2D eigenvalue weighted by Gasteiger charge is 2.30. The van der Waals surface area contributed by atoms with Crippen molar-refractivity contribution in [2.75, 3.05) is 13.9 Å². The molecule has 3 aromatic carbocycles. The zero-order valence-electron chi connectivity index (χ0n) is 18.1. The van der Waals surface area contributed by atoms with E-state index >= 15 is 0 Å². The molecular weight excluding hydrogens is 444 g/mol. The van der Waals surface area contributed by atoms with E-state index in [9.17, 15) is 4.79 Å². The Labute approximate surface area is 196 Å². The van der Waals surface area contributed by atoms with Gasteiger partial charge >= 0.3 is 0 Å². The Morgan fingerprint density at radius 3 is 2.85 bits per heavy atom. The molecule has 3 aromatic rings. The Bertz CT molecular complexity index is 1280. The summed E-state index contributed by atoms with van der Waals surface area (Å²) < 4.78 is 28.3. The zero-order valence-corrected chi connectivity index (χ0v) is 18.9. The topological polar surface area (TPSA) is 63.2 Å². The van der Waals surface area contributed by atoms with E-state index in [1.54, 1.807) is 25.3 Å². The number of hydrogen-bond donors (Lipinski definition) is 0. The number of allylic oxidation sites excluding steroid dienone is 1. The van der Waals surface area contributed by atoms with Crippen LogP contribution in [-0.4, -0.2) is 19.7 Å². The van der Waals surface area contributed by atoms with Crippen molar-refractivity contribution in [3.05, 3.63) is 87.1 Å². The van der Waals surface area contributed by atoms with Crippen molar-refractivity contribution < 1.29 is 28.5 Å². The van der Waals surface area contributed by atoms with Crippen LogP contribution in [0.5, 0.6) is 23.0 Å². The minimum absolute atomic E-state index is 0.167. The molecule has 0 spiro atoms. The second-order valence-corrected chi connectivity index (χ2v) is 8.17. The van der Waals surface area contributed by atoms with E-state index in [2.05, 4.69) is 0 Å². The van der Waals surface area contributed by atoms with Crippen LogP contribution in [0, 0.1) is 6.92 Å². The number of fused-ring (bicyclic) bond motifs is 2. The van der Waals surface area contributed by atoms with Crippen LogP contribution in [0.15, 0.2) is 54.3 Å². The Morgan fingerprint density at radius 1 is 1.12 bits per heavy atom. The molecule has 6 nitrogen and oxygen atoms in total. The van der Waals surface area contributed by atoms with E-state index in [1.807, 2.05) is 43.3 Å². The first-order chi connectivity index (χ1) is 16.0. The highest BCUT2D eigenvalue weighted by molar-refractivity contribution is 6.30. The summed E-state index contributed by atoms with van der Waals surface area (Å²) in [6.07, 6.45) is 1.71. The second kappa shape index (κ2) is 8.81. The van der Waals surface area contributed by atoms with Crippen molar-refractivity contribution in [2.45, 2.75) is 20.1 Å². The Balaban J connectivity index is 1.39. The summed E-state index contributed by atoms with van der Waals surface area (Å²) in [5, 5.41) is 0.591. The minimum atomic E-state index is -0.167. The zero-order chi connectivity index (χ0) is 22.9. The van der Waals surface area contributed by atoms with E-state index in [4.69, 9.17) is 35.3 Å². The summed E-state index contributed by atoms with van der Waals surface area (Å²) in [4.78, 5) is 12.9. The van der Waals surface area contributed by atoms with Gasteiger partial charge in [0, 0.05) is 21.7 Å². The summed E-state index contributed by atoms with van der Waals surface area (Å²) in [5.41, 5.74) is 3.79. The number of carbonyl (C=O) groups is 1. The van der Waals surface area contributed by atoms with Gasteiger partial charge in [-0.15, -0.1) is 0 Å². The average Bonchev–Trinajstić information content (AvgIpc) is 3.14. The van der Waals surface area contributed by atoms with Gasteiger partial charge < -0.3 is 23.7 Å². The Hall–Kier alpha value is -3.48. The maximum atomic E-state index is 12.9. The lowest BCUT2D eigenvalue weighted by atomic mass is 10.1. The van der Waals surface area contributed by atoms with Crippen molar-refractivity contribution in [3.8, 4) is 23.0 Å². The molecule has 0 aromatic heterocycles. The molecule has 0 N–H and O–H groups in total. The van der Waals surface area contributed by atoms with Crippen LogP contribution < -0.4 is 18.9 Å². The molecule has 2 aliphatic rings. The third kappa shape index (κ3) is 4.15. The number of hydrogen-bond acceptors (Lipinski definition) is 6. The molecule has 0 unspecified atom stereocenters. The first-order valence-electron chi connectivity index (χ1n) is 10.4. The van der Waals surface area contributed by atoms with E-state index in [0.717, 1.165) is 28.0 Å². The molecule has 0 saturated heterocycles. The first kappa shape index (κ1) is 21.4. The largest absolute Gasteiger partial charge is 0.497 e. The SMILES string of the molecule is COc1cccc(/C=C2\Oc3c(ccc(OCc4cc(Cl)cc5c4OCOC5)c3C)C2=O)c1. The van der Waals surface area contributed by atoms with E-state index in [1.165, 1.54) is 0 Å². The lowest BCUT2D eigenvalue weighted by Crippen LogP contribution is -2.14. The number of methoxy groups -OCH3 is 1. The van der Waals surface area contributed by atoms with Crippen LogP contribution >= 0.6 is 11.6 Å². The van der Waals surface area contributed by atoms with Crippen LogP contribution in [0.2, 0.25) is 5.02 Å². The first-order valence-corrected chi connectivity index (χ1v) is 10.8. The fraction of sp³-hybridized carbons (Fsp3) is 0.192. The standard InChI is InChI=1S/C26H21ClO6/c1-15-22(31-13-18-11-19(27)10-17-12-30-14-32-26(17)18)7-6-21-24(28)23(33-25(15)21)9-16-4-3-5-20(8-16)29-2/h3-11H,12-14H2,1-2H3/b23-9-. The van der Waals surface area contributed by atoms with Gasteiger partial charge in [0.15, 0.2) is 12.6 Å². The summed E-state index contributed by atoms with van der Waals surface area (Å²) in [6.45, 7) is 2.76. The van der Waals surface area contributed by atoms with Gasteiger partial charge in [-0.3, -0.25) is 4.79 Å². The fourth-order valence-electron chi connectivity index (χ4n) is 3.93. The van der Waals surface area contributed by atoms with E-state index < -0.39 is 0 Å². The van der Waals surface area contributed by atoms with Gasteiger partial charge in [0.1, 0.15) is 29.6 Å². The number of benzene rings is 3. The maximum Gasteiger partial charge on any atom is 0.231 e. The van der Waals surface area contributed by atoms with Gasteiger partial charge in [-0.1, -0.05) is 23.7 Å². The highest BCUT2D eigenvalue weighted by atomic mass is 35.5. The van der Waals surface area contributed by atoms with Gasteiger partial charge in [-0.2, -0.15) is 0 Å². The number of halogens is 1. The monoisotopic (exact) mass is 464 g/mol. The van der Waals surface area contributed by atoms with E-state index in [0.29, 0.717) is 34.4 Å². The molecule has 2 aliphatic heterocycles. The minimum Gasteiger partial charge on any atom is -0.497 e. The number of rotatable bonds is 5. The van der Waals surface area contributed by atoms with Gasteiger partial charge in [0.05, 0.1) is 19.3 Å². The molecule has 0 bridgehead atoms.